The monoisotopic (exact) mass is 550 g/mol. The van der Waals surface area contributed by atoms with E-state index in [9.17, 15) is 19.5 Å². The molecule has 0 aliphatic rings. The van der Waals surface area contributed by atoms with Gasteiger partial charge >= 0.3 is 18.0 Å². The number of nitrogens with two attached hydrogens (primary N) is 1. The number of rotatable bonds is 10. The van der Waals surface area contributed by atoms with Gasteiger partial charge in [0.15, 0.2) is 0 Å². The number of carbonyl (C=O) groups is 3. The fraction of sp³-hybridized carbons (Fsp3) is 0.323. The van der Waals surface area contributed by atoms with Gasteiger partial charge in [0, 0.05) is 6.42 Å². The molecular weight excluding hydrogens is 512 g/mol. The predicted molar refractivity (Wildman–Crippen MR) is 152 cm³/mol. The molecule has 0 aromatic heterocycles. The van der Waals surface area contributed by atoms with Gasteiger partial charge < -0.3 is 30.4 Å². The quantitative estimate of drug-likeness (QED) is 0.314. The minimum absolute atomic E-state index is 0.146. The SMILES string of the molecule is CC(C)(C)OC(=O)NC(Cc1ccc(OCc2ccccc2)cc1)C(=O)O.COC(=O)C(N)Cc1ccccc1. The average molecular weight is 551 g/mol. The Morgan fingerprint density at radius 3 is 1.85 bits per heavy atom. The third-order valence-corrected chi connectivity index (χ3v) is 5.40. The van der Waals surface area contributed by atoms with E-state index in [2.05, 4.69) is 10.1 Å². The Morgan fingerprint density at radius 2 is 1.35 bits per heavy atom. The van der Waals surface area contributed by atoms with Crippen LogP contribution in [-0.2, 0) is 38.5 Å². The summed E-state index contributed by atoms with van der Waals surface area (Å²) in [6.07, 6.45) is -0.0844. The molecule has 3 aromatic rings. The lowest BCUT2D eigenvalue weighted by Crippen LogP contribution is -2.44. The van der Waals surface area contributed by atoms with Gasteiger partial charge in [-0.05, 0) is 56.0 Å². The van der Waals surface area contributed by atoms with Crippen molar-refractivity contribution in [3.8, 4) is 5.75 Å². The fourth-order valence-electron chi connectivity index (χ4n) is 3.45. The lowest BCUT2D eigenvalue weighted by molar-refractivity contribution is -0.142. The third-order valence-electron chi connectivity index (χ3n) is 5.40. The largest absolute Gasteiger partial charge is 0.489 e. The smallest absolute Gasteiger partial charge is 0.408 e. The van der Waals surface area contributed by atoms with E-state index in [0.717, 1.165) is 16.7 Å². The molecule has 2 unspecified atom stereocenters. The summed E-state index contributed by atoms with van der Waals surface area (Å²) in [5.74, 6) is -0.802. The van der Waals surface area contributed by atoms with Crippen molar-refractivity contribution in [2.45, 2.75) is 57.9 Å². The van der Waals surface area contributed by atoms with Gasteiger partial charge in [-0.1, -0.05) is 72.8 Å². The van der Waals surface area contributed by atoms with Crippen molar-refractivity contribution in [3.05, 3.63) is 102 Å². The summed E-state index contributed by atoms with van der Waals surface area (Å²) in [5.41, 5.74) is 7.77. The molecule has 9 nitrogen and oxygen atoms in total. The Balaban J connectivity index is 0.000000360. The molecule has 214 valence electrons. The molecule has 0 aliphatic carbocycles. The zero-order chi connectivity index (χ0) is 29.5. The maximum absolute atomic E-state index is 11.8. The standard InChI is InChI=1S/C21H25NO5.C10H13NO2/c1-21(2,3)27-20(25)22-18(19(23)24)13-15-9-11-17(12-10-15)26-14-16-7-5-4-6-8-16;1-13-10(12)9(11)7-8-5-3-2-4-6-8/h4-12,18H,13-14H2,1-3H3,(H,22,25)(H,23,24);2-6,9H,7,11H2,1H3. The Kier molecular flexibility index (Phi) is 12.7. The number of nitrogens with one attached hydrogen (secondary N) is 1. The van der Waals surface area contributed by atoms with Gasteiger partial charge in [-0.25, -0.2) is 9.59 Å². The van der Waals surface area contributed by atoms with Crippen LogP contribution in [0.1, 0.15) is 37.5 Å². The highest BCUT2D eigenvalue weighted by Crippen LogP contribution is 2.16. The number of carboxylic acids is 1. The highest BCUT2D eigenvalue weighted by molar-refractivity contribution is 5.80. The van der Waals surface area contributed by atoms with Crippen molar-refractivity contribution >= 4 is 18.0 Å². The van der Waals surface area contributed by atoms with E-state index < -0.39 is 29.7 Å². The van der Waals surface area contributed by atoms with Gasteiger partial charge in [-0.15, -0.1) is 0 Å². The topological polar surface area (TPSA) is 137 Å². The average Bonchev–Trinajstić information content (AvgIpc) is 2.92. The summed E-state index contributed by atoms with van der Waals surface area (Å²) in [5, 5.41) is 11.7. The minimum atomic E-state index is -1.12. The molecule has 0 radical (unpaired) electrons. The molecule has 3 aromatic carbocycles. The second-order valence-electron chi connectivity index (χ2n) is 9.98. The molecule has 0 aliphatic heterocycles. The Morgan fingerprint density at radius 1 is 0.825 bits per heavy atom. The third kappa shape index (κ3) is 12.4. The van der Waals surface area contributed by atoms with E-state index in [1.54, 1.807) is 45.0 Å². The van der Waals surface area contributed by atoms with Crippen LogP contribution >= 0.6 is 0 Å². The van der Waals surface area contributed by atoms with Gasteiger partial charge in [0.1, 0.15) is 30.0 Å². The molecule has 0 saturated heterocycles. The highest BCUT2D eigenvalue weighted by atomic mass is 16.6. The molecule has 4 N–H and O–H groups in total. The van der Waals surface area contributed by atoms with E-state index in [4.69, 9.17) is 15.2 Å². The normalized spacial score (nSPS) is 12.1. The first-order chi connectivity index (χ1) is 19.0. The van der Waals surface area contributed by atoms with Crippen molar-refractivity contribution in [2.75, 3.05) is 7.11 Å². The van der Waals surface area contributed by atoms with Gasteiger partial charge in [0.05, 0.1) is 7.11 Å². The van der Waals surface area contributed by atoms with Crippen molar-refractivity contribution in [2.24, 2.45) is 5.73 Å². The van der Waals surface area contributed by atoms with Crippen molar-refractivity contribution in [1.82, 2.24) is 5.32 Å². The minimum Gasteiger partial charge on any atom is -0.489 e. The molecule has 0 saturated carbocycles. The van der Waals surface area contributed by atoms with Crippen LogP contribution in [0.15, 0.2) is 84.9 Å². The van der Waals surface area contributed by atoms with Crippen LogP contribution in [0.3, 0.4) is 0 Å². The number of hydrogen-bond donors (Lipinski definition) is 3. The van der Waals surface area contributed by atoms with Crippen LogP contribution < -0.4 is 15.8 Å². The maximum Gasteiger partial charge on any atom is 0.408 e. The number of carboxylic acid groups (broad SMARTS) is 1. The van der Waals surface area contributed by atoms with Crippen LogP contribution in [0.25, 0.3) is 0 Å². The molecule has 3 rings (SSSR count). The van der Waals surface area contributed by atoms with Crippen molar-refractivity contribution < 1.29 is 33.7 Å². The first-order valence-corrected chi connectivity index (χ1v) is 12.8. The number of carbonyl (C=O) groups excluding carboxylic acids is 2. The van der Waals surface area contributed by atoms with Crippen molar-refractivity contribution in [1.29, 1.82) is 0 Å². The molecule has 0 heterocycles. The van der Waals surface area contributed by atoms with Crippen LogP contribution in [0.4, 0.5) is 4.79 Å². The highest BCUT2D eigenvalue weighted by Gasteiger charge is 2.24. The Bertz CT molecular complexity index is 1190. The molecule has 0 fully saturated rings. The van der Waals surface area contributed by atoms with E-state index in [0.29, 0.717) is 18.8 Å². The van der Waals surface area contributed by atoms with Gasteiger partial charge in [0.25, 0.3) is 0 Å². The van der Waals surface area contributed by atoms with Crippen LogP contribution in [0.5, 0.6) is 5.75 Å². The van der Waals surface area contributed by atoms with Crippen LogP contribution in [0, 0.1) is 0 Å². The van der Waals surface area contributed by atoms with E-state index in [1.807, 2.05) is 60.7 Å². The van der Waals surface area contributed by atoms with E-state index in [-0.39, 0.29) is 12.4 Å². The number of methoxy groups -OCH3 is 1. The summed E-state index contributed by atoms with van der Waals surface area (Å²) in [7, 11) is 1.34. The summed E-state index contributed by atoms with van der Waals surface area (Å²) >= 11 is 0. The number of hydrogen-bond acceptors (Lipinski definition) is 7. The predicted octanol–water partition coefficient (Wildman–Crippen LogP) is 4.52. The summed E-state index contributed by atoms with van der Waals surface area (Å²) < 4.78 is 15.3. The summed E-state index contributed by atoms with van der Waals surface area (Å²) in [6, 6.07) is 24.9. The fourth-order valence-corrected chi connectivity index (χ4v) is 3.45. The van der Waals surface area contributed by atoms with Crippen LogP contribution in [0.2, 0.25) is 0 Å². The number of amides is 1. The summed E-state index contributed by atoms with van der Waals surface area (Å²) in [4.78, 5) is 34.2. The van der Waals surface area contributed by atoms with Gasteiger partial charge in [0.2, 0.25) is 0 Å². The molecule has 2 atom stereocenters. The molecule has 0 spiro atoms. The van der Waals surface area contributed by atoms with E-state index in [1.165, 1.54) is 7.11 Å². The first kappa shape index (κ1) is 31.8. The summed E-state index contributed by atoms with van der Waals surface area (Å²) in [6.45, 7) is 5.61. The van der Waals surface area contributed by atoms with Crippen LogP contribution in [-0.4, -0.2) is 47.9 Å². The van der Waals surface area contributed by atoms with E-state index >= 15 is 0 Å². The number of benzene rings is 3. The number of esters is 1. The molecule has 1 amide bonds. The lowest BCUT2D eigenvalue weighted by Gasteiger charge is -2.22. The molecule has 9 heteroatoms. The maximum atomic E-state index is 11.8. The Hall–Kier alpha value is -4.37. The molecule has 0 bridgehead atoms. The number of aliphatic carboxylic acids is 1. The Labute approximate surface area is 235 Å². The van der Waals surface area contributed by atoms with Gasteiger partial charge in [-0.2, -0.15) is 0 Å². The molecule has 40 heavy (non-hydrogen) atoms. The number of alkyl carbamates (subject to hydrolysis) is 1. The number of ether oxygens (including phenoxy) is 3. The van der Waals surface area contributed by atoms with Gasteiger partial charge in [-0.3, -0.25) is 4.79 Å². The molecular formula is C31H38N2O7. The lowest BCUT2D eigenvalue weighted by atomic mass is 10.1. The zero-order valence-electron chi connectivity index (χ0n) is 23.3. The second-order valence-corrected chi connectivity index (χ2v) is 9.98. The van der Waals surface area contributed by atoms with Crippen molar-refractivity contribution in [3.63, 3.8) is 0 Å². The first-order valence-electron chi connectivity index (χ1n) is 12.8. The zero-order valence-corrected chi connectivity index (χ0v) is 23.3. The second kappa shape index (κ2) is 15.9.